The summed E-state index contributed by atoms with van der Waals surface area (Å²) in [4.78, 5) is 4.10. The van der Waals surface area contributed by atoms with E-state index in [2.05, 4.69) is 26.0 Å². The Morgan fingerprint density at radius 2 is 2.11 bits per heavy atom. The Hall–Kier alpha value is -1.20. The molecule has 0 aliphatic carbocycles. The van der Waals surface area contributed by atoms with Gasteiger partial charge in [0.25, 0.3) is 0 Å². The first-order valence-electron chi connectivity index (χ1n) is 5.76. The molecule has 0 fully saturated rings. The molecule has 2 rings (SSSR count). The molecule has 0 aliphatic rings. The van der Waals surface area contributed by atoms with E-state index < -0.39 is 6.10 Å². The second kappa shape index (κ2) is 5.20. The summed E-state index contributed by atoms with van der Waals surface area (Å²) >= 11 is 3.51. The largest absolute Gasteiger partial charge is 0.388 e. The minimum Gasteiger partial charge on any atom is -0.388 e. The van der Waals surface area contributed by atoms with Gasteiger partial charge in [-0.25, -0.2) is 0 Å². The van der Waals surface area contributed by atoms with Crippen LogP contribution in [-0.4, -0.2) is 19.9 Å². The first-order valence-corrected chi connectivity index (χ1v) is 6.56. The molecule has 2 heterocycles. The Bertz CT molecular complexity index is 565. The molecule has 0 bridgehead atoms. The molecule has 2 aromatic heterocycles. The molecule has 4 nitrogen and oxygen atoms in total. The number of pyridine rings is 1. The number of rotatable bonds is 3. The molecule has 0 aliphatic heterocycles. The zero-order chi connectivity index (χ0) is 13.3. The summed E-state index contributed by atoms with van der Waals surface area (Å²) < 4.78 is 2.76. The third-order valence-corrected chi connectivity index (χ3v) is 3.96. The lowest BCUT2D eigenvalue weighted by atomic mass is 10.1. The van der Waals surface area contributed by atoms with Crippen molar-refractivity contribution < 1.29 is 5.11 Å². The second-order valence-corrected chi connectivity index (χ2v) is 5.28. The minimum atomic E-state index is -0.566. The monoisotopic (exact) mass is 309 g/mol. The normalized spacial score (nSPS) is 12.7. The molecule has 0 aromatic carbocycles. The van der Waals surface area contributed by atoms with Crippen molar-refractivity contribution in [1.82, 2.24) is 14.8 Å². The van der Waals surface area contributed by atoms with Crippen LogP contribution in [0.3, 0.4) is 0 Å². The maximum Gasteiger partial charge on any atom is 0.0860 e. The molecule has 0 amide bonds. The van der Waals surface area contributed by atoms with E-state index in [0.29, 0.717) is 6.42 Å². The molecule has 1 N–H and O–H groups in total. The lowest BCUT2D eigenvalue weighted by molar-refractivity contribution is 0.175. The van der Waals surface area contributed by atoms with Crippen molar-refractivity contribution in [3.63, 3.8) is 0 Å². The highest BCUT2D eigenvalue weighted by atomic mass is 79.9. The topological polar surface area (TPSA) is 50.9 Å². The van der Waals surface area contributed by atoms with Gasteiger partial charge in [-0.05, 0) is 40.9 Å². The van der Waals surface area contributed by atoms with Crippen LogP contribution in [0.15, 0.2) is 22.9 Å². The zero-order valence-electron chi connectivity index (χ0n) is 10.7. The fraction of sp³-hybridized carbons (Fsp3) is 0.385. The van der Waals surface area contributed by atoms with Gasteiger partial charge in [0.2, 0.25) is 0 Å². The zero-order valence-corrected chi connectivity index (χ0v) is 12.3. The highest BCUT2D eigenvalue weighted by molar-refractivity contribution is 9.10. The molecule has 0 saturated carbocycles. The Morgan fingerprint density at radius 3 is 2.67 bits per heavy atom. The van der Waals surface area contributed by atoms with Gasteiger partial charge < -0.3 is 5.11 Å². The van der Waals surface area contributed by atoms with Crippen LogP contribution >= 0.6 is 15.9 Å². The number of halogens is 1. The third-order valence-electron chi connectivity index (χ3n) is 2.93. The highest BCUT2D eigenvalue weighted by Crippen LogP contribution is 2.25. The van der Waals surface area contributed by atoms with Crippen LogP contribution in [0.2, 0.25) is 0 Å². The van der Waals surface area contributed by atoms with E-state index in [1.54, 1.807) is 17.1 Å². The number of hydrogen-bond acceptors (Lipinski definition) is 3. The van der Waals surface area contributed by atoms with Crippen LogP contribution in [0.25, 0.3) is 0 Å². The first kappa shape index (κ1) is 13.2. The summed E-state index contributed by atoms with van der Waals surface area (Å²) in [6.07, 6.45) is 3.43. The van der Waals surface area contributed by atoms with E-state index in [9.17, 15) is 5.11 Å². The molecule has 1 atom stereocenters. The lowest BCUT2D eigenvalue weighted by Crippen LogP contribution is -2.07. The average Bonchev–Trinajstić information content (AvgIpc) is 2.56. The minimum absolute atomic E-state index is 0.517. The number of aromatic nitrogens is 3. The van der Waals surface area contributed by atoms with Crippen LogP contribution < -0.4 is 0 Å². The number of hydrogen-bond donors (Lipinski definition) is 1. The van der Waals surface area contributed by atoms with E-state index in [1.165, 1.54) is 0 Å². The van der Waals surface area contributed by atoms with Crippen LogP contribution in [-0.2, 0) is 13.5 Å². The summed E-state index contributed by atoms with van der Waals surface area (Å²) in [5.41, 5.74) is 3.80. The predicted octanol–water partition coefficient (Wildman–Crippen LogP) is 2.47. The van der Waals surface area contributed by atoms with Crippen molar-refractivity contribution >= 4 is 15.9 Å². The maximum absolute atomic E-state index is 10.3. The van der Waals surface area contributed by atoms with Gasteiger partial charge in [0.1, 0.15) is 0 Å². The van der Waals surface area contributed by atoms with Crippen LogP contribution in [0.1, 0.15) is 28.6 Å². The molecule has 0 saturated heterocycles. The molecule has 1 unspecified atom stereocenters. The van der Waals surface area contributed by atoms with Crippen molar-refractivity contribution in [1.29, 1.82) is 0 Å². The maximum atomic E-state index is 10.3. The molecule has 0 radical (unpaired) electrons. The SMILES string of the molecule is Cc1cncc(C(O)Cc2c(Br)c(C)nn2C)c1. The molecule has 5 heteroatoms. The van der Waals surface area contributed by atoms with Gasteiger partial charge in [0.15, 0.2) is 0 Å². The fourth-order valence-electron chi connectivity index (χ4n) is 1.96. The predicted molar refractivity (Wildman–Crippen MR) is 73.3 cm³/mol. The van der Waals surface area contributed by atoms with Gasteiger partial charge in [-0.15, -0.1) is 0 Å². The molecular weight excluding hydrogens is 294 g/mol. The lowest BCUT2D eigenvalue weighted by Gasteiger charge is -2.11. The molecule has 96 valence electrons. The Labute approximate surface area is 115 Å². The summed E-state index contributed by atoms with van der Waals surface area (Å²) in [5, 5.41) is 14.6. The van der Waals surface area contributed by atoms with Gasteiger partial charge in [-0.2, -0.15) is 5.10 Å². The van der Waals surface area contributed by atoms with Crippen molar-refractivity contribution in [3.8, 4) is 0 Å². The smallest absolute Gasteiger partial charge is 0.0860 e. The van der Waals surface area contributed by atoms with E-state index in [-0.39, 0.29) is 0 Å². The van der Waals surface area contributed by atoms with E-state index in [4.69, 9.17) is 0 Å². The van der Waals surface area contributed by atoms with Crippen molar-refractivity contribution in [3.05, 3.63) is 45.4 Å². The van der Waals surface area contributed by atoms with Gasteiger partial charge >= 0.3 is 0 Å². The van der Waals surface area contributed by atoms with Crippen LogP contribution in [0.4, 0.5) is 0 Å². The van der Waals surface area contributed by atoms with Crippen LogP contribution in [0, 0.1) is 13.8 Å². The van der Waals surface area contributed by atoms with Crippen molar-refractivity contribution in [2.24, 2.45) is 7.05 Å². The van der Waals surface area contributed by atoms with Gasteiger partial charge in [-0.3, -0.25) is 9.67 Å². The van der Waals surface area contributed by atoms with E-state index in [1.807, 2.05) is 27.0 Å². The van der Waals surface area contributed by atoms with E-state index in [0.717, 1.165) is 27.0 Å². The number of aliphatic hydroxyl groups is 1. The summed E-state index contributed by atoms with van der Waals surface area (Å²) in [5.74, 6) is 0. The van der Waals surface area contributed by atoms with Crippen molar-refractivity contribution in [2.45, 2.75) is 26.4 Å². The summed E-state index contributed by atoms with van der Waals surface area (Å²) in [6, 6.07) is 1.95. The van der Waals surface area contributed by atoms with Crippen molar-refractivity contribution in [2.75, 3.05) is 0 Å². The Kier molecular flexibility index (Phi) is 3.82. The van der Waals surface area contributed by atoms with E-state index >= 15 is 0 Å². The number of aliphatic hydroxyl groups excluding tert-OH is 1. The average molecular weight is 310 g/mol. The summed E-state index contributed by atoms with van der Waals surface area (Å²) in [7, 11) is 1.88. The van der Waals surface area contributed by atoms with Gasteiger partial charge in [0, 0.05) is 25.9 Å². The quantitative estimate of drug-likeness (QED) is 0.947. The second-order valence-electron chi connectivity index (χ2n) is 4.49. The summed E-state index contributed by atoms with van der Waals surface area (Å²) in [6.45, 7) is 3.90. The Morgan fingerprint density at radius 1 is 1.39 bits per heavy atom. The molecule has 2 aromatic rings. The number of nitrogens with zero attached hydrogens (tertiary/aromatic N) is 3. The fourth-order valence-corrected chi connectivity index (χ4v) is 2.46. The highest BCUT2D eigenvalue weighted by Gasteiger charge is 2.16. The number of aryl methyl sites for hydroxylation is 3. The standard InChI is InChI=1S/C13H16BrN3O/c1-8-4-10(7-15-6-8)12(18)5-11-13(14)9(2)16-17(11)3/h4,6-7,12,18H,5H2,1-3H3. The van der Waals surface area contributed by atoms with Gasteiger partial charge in [-0.1, -0.05) is 6.07 Å². The third kappa shape index (κ3) is 2.62. The molecule has 18 heavy (non-hydrogen) atoms. The first-order chi connectivity index (χ1) is 8.49. The van der Waals surface area contributed by atoms with Crippen LogP contribution in [0.5, 0.6) is 0 Å². The molecule has 0 spiro atoms. The Balaban J connectivity index is 2.24. The van der Waals surface area contributed by atoms with Gasteiger partial charge in [0.05, 0.1) is 22.0 Å². The molecular formula is C13H16BrN3O.